The Hall–Kier alpha value is -2.49. The maximum absolute atomic E-state index is 6.43. The van der Waals surface area contributed by atoms with Gasteiger partial charge in [0.2, 0.25) is 0 Å². The van der Waals surface area contributed by atoms with Gasteiger partial charge < -0.3 is 8.98 Å². The van der Waals surface area contributed by atoms with E-state index in [1.807, 2.05) is 36.5 Å². The van der Waals surface area contributed by atoms with E-state index in [2.05, 4.69) is 16.7 Å². The summed E-state index contributed by atoms with van der Waals surface area (Å²) in [6.07, 6.45) is 5.36. The van der Waals surface area contributed by atoms with Gasteiger partial charge in [-0.15, -0.1) is 0 Å². The van der Waals surface area contributed by atoms with Crippen LogP contribution in [0.5, 0.6) is 0 Å². The molecule has 0 atom stereocenters. The summed E-state index contributed by atoms with van der Waals surface area (Å²) in [6, 6.07) is 13.9. The van der Waals surface area contributed by atoms with Crippen LogP contribution in [0.3, 0.4) is 0 Å². The number of aliphatic imine (C=N–C) groups is 1. The first-order chi connectivity index (χ1) is 12.2. The van der Waals surface area contributed by atoms with E-state index in [0.29, 0.717) is 11.6 Å². The van der Waals surface area contributed by atoms with E-state index < -0.39 is 0 Å². The molecule has 0 N–H and O–H groups in total. The Bertz CT molecular complexity index is 1110. The molecule has 1 aliphatic carbocycles. The van der Waals surface area contributed by atoms with Crippen molar-refractivity contribution in [2.45, 2.75) is 6.54 Å². The largest absolute Gasteiger partial charge is 0.472 e. The van der Waals surface area contributed by atoms with Crippen LogP contribution >= 0.6 is 23.2 Å². The minimum Gasteiger partial charge on any atom is -0.472 e. The normalized spacial score (nSPS) is 13.3. The molecular formula is C20H12Cl2N2O. The Labute approximate surface area is 154 Å². The number of benzene rings is 1. The molecule has 1 aromatic heterocycles. The summed E-state index contributed by atoms with van der Waals surface area (Å²) in [5, 5.41) is 1.39. The van der Waals surface area contributed by atoms with Crippen LogP contribution in [0.1, 0.15) is 16.8 Å². The molecule has 3 heterocycles. The van der Waals surface area contributed by atoms with Gasteiger partial charge in [-0.3, -0.25) is 4.99 Å². The van der Waals surface area contributed by atoms with Crippen molar-refractivity contribution in [3.8, 4) is 16.8 Å². The molecule has 3 nitrogen and oxygen atoms in total. The van der Waals surface area contributed by atoms with Gasteiger partial charge in [-0.2, -0.15) is 0 Å². The van der Waals surface area contributed by atoms with Crippen molar-refractivity contribution >= 4 is 28.9 Å². The van der Waals surface area contributed by atoms with Crippen LogP contribution < -0.4 is 0 Å². The number of aromatic nitrogens is 1. The van der Waals surface area contributed by atoms with Gasteiger partial charge in [-0.25, -0.2) is 0 Å². The fourth-order valence-corrected chi connectivity index (χ4v) is 3.93. The Morgan fingerprint density at radius 2 is 1.88 bits per heavy atom. The Balaban J connectivity index is 1.78. The zero-order valence-electron chi connectivity index (χ0n) is 13.0. The lowest BCUT2D eigenvalue weighted by atomic mass is 10.0. The zero-order valence-corrected chi connectivity index (χ0v) is 14.6. The molecule has 0 unspecified atom stereocenters. The first-order valence-electron chi connectivity index (χ1n) is 7.89. The SMILES string of the molecule is Clc1cc(C2=NCc3c(Cl)cccc3-n3cccc32)c2ccocc1-2. The van der Waals surface area contributed by atoms with E-state index >= 15 is 0 Å². The van der Waals surface area contributed by atoms with E-state index in [-0.39, 0.29) is 0 Å². The summed E-state index contributed by atoms with van der Waals surface area (Å²) in [4.78, 5) is 4.89. The number of fused-ring (bicyclic) bond motifs is 4. The second-order valence-corrected chi connectivity index (χ2v) is 6.77. The average molecular weight is 367 g/mol. The van der Waals surface area contributed by atoms with Gasteiger partial charge in [0.1, 0.15) is 0 Å². The average Bonchev–Trinajstić information content (AvgIpc) is 3.19. The highest BCUT2D eigenvalue weighted by atomic mass is 35.5. The lowest BCUT2D eigenvalue weighted by Gasteiger charge is -2.11. The third-order valence-corrected chi connectivity index (χ3v) is 5.27. The Morgan fingerprint density at radius 3 is 2.80 bits per heavy atom. The molecule has 1 aromatic carbocycles. The summed E-state index contributed by atoms with van der Waals surface area (Å²) < 4.78 is 7.40. The van der Waals surface area contributed by atoms with E-state index in [1.54, 1.807) is 12.5 Å². The lowest BCUT2D eigenvalue weighted by Crippen LogP contribution is -2.08. The summed E-state index contributed by atoms with van der Waals surface area (Å²) in [5.41, 5.74) is 6.92. The minimum atomic E-state index is 0.521. The molecule has 122 valence electrons. The van der Waals surface area contributed by atoms with Crippen molar-refractivity contribution in [1.82, 2.24) is 4.57 Å². The van der Waals surface area contributed by atoms with Crippen molar-refractivity contribution in [2.75, 3.05) is 0 Å². The second kappa shape index (κ2) is 5.51. The molecule has 0 saturated heterocycles. The number of hydrogen-bond acceptors (Lipinski definition) is 2. The van der Waals surface area contributed by atoms with Gasteiger partial charge >= 0.3 is 0 Å². The van der Waals surface area contributed by atoms with Gasteiger partial charge in [0.05, 0.1) is 41.2 Å². The molecule has 25 heavy (non-hydrogen) atoms. The number of nitrogens with zero attached hydrogens (tertiary/aromatic N) is 2. The van der Waals surface area contributed by atoms with E-state index in [0.717, 1.165) is 44.4 Å². The Kier molecular flexibility index (Phi) is 3.27. The van der Waals surface area contributed by atoms with Crippen molar-refractivity contribution in [3.63, 3.8) is 0 Å². The van der Waals surface area contributed by atoms with Gasteiger partial charge in [-0.05, 0) is 42.0 Å². The first kappa shape index (κ1) is 14.8. The molecule has 0 bridgehead atoms. The molecule has 3 aliphatic rings. The predicted octanol–water partition coefficient (Wildman–Crippen LogP) is 5.83. The summed E-state index contributed by atoms with van der Waals surface area (Å²) in [6.45, 7) is 0.521. The molecule has 0 amide bonds. The zero-order chi connectivity index (χ0) is 17.0. The maximum Gasteiger partial charge on any atom is 0.0995 e. The quantitative estimate of drug-likeness (QED) is 0.416. The monoisotopic (exact) mass is 366 g/mol. The maximum atomic E-state index is 6.43. The van der Waals surface area contributed by atoms with Gasteiger partial charge in [0.15, 0.2) is 0 Å². The number of hydrogen-bond donors (Lipinski definition) is 0. The summed E-state index contributed by atoms with van der Waals surface area (Å²) in [7, 11) is 0. The first-order valence-corrected chi connectivity index (χ1v) is 8.64. The highest BCUT2D eigenvalue weighted by Crippen LogP contribution is 2.38. The van der Waals surface area contributed by atoms with Crippen LogP contribution in [0.2, 0.25) is 10.0 Å². The standard InChI is InChI=1S/C20H12Cl2N2O/c21-16-3-1-4-18-14(16)10-23-20(19-5-2-7-24(18)19)13-9-17(22)15-11-25-8-6-12(13)15/h1-9,11H,10H2. The van der Waals surface area contributed by atoms with Crippen LogP contribution in [-0.2, 0) is 6.54 Å². The summed E-state index contributed by atoms with van der Waals surface area (Å²) in [5.74, 6) is 0. The smallest absolute Gasteiger partial charge is 0.0995 e. The summed E-state index contributed by atoms with van der Waals surface area (Å²) >= 11 is 12.8. The highest BCUT2D eigenvalue weighted by Gasteiger charge is 2.24. The molecule has 5 heteroatoms. The van der Waals surface area contributed by atoms with Crippen LogP contribution in [0.15, 0.2) is 70.6 Å². The fraction of sp³-hybridized carbons (Fsp3) is 0.0500. The minimum absolute atomic E-state index is 0.521. The molecule has 0 fully saturated rings. The van der Waals surface area contributed by atoms with Crippen molar-refractivity contribution in [1.29, 1.82) is 0 Å². The van der Waals surface area contributed by atoms with E-state index in [9.17, 15) is 0 Å². The van der Waals surface area contributed by atoms with Crippen LogP contribution in [0.25, 0.3) is 16.8 Å². The number of rotatable bonds is 1. The third-order valence-electron chi connectivity index (χ3n) is 4.60. The van der Waals surface area contributed by atoms with Crippen molar-refractivity contribution in [2.24, 2.45) is 4.99 Å². The van der Waals surface area contributed by atoms with E-state index in [4.69, 9.17) is 32.6 Å². The van der Waals surface area contributed by atoms with Crippen molar-refractivity contribution < 1.29 is 4.42 Å². The lowest BCUT2D eigenvalue weighted by molar-refractivity contribution is 0.552. The molecule has 2 aromatic rings. The molecule has 0 radical (unpaired) electrons. The fourth-order valence-electron chi connectivity index (χ4n) is 3.44. The van der Waals surface area contributed by atoms with Crippen LogP contribution in [-0.4, -0.2) is 10.3 Å². The topological polar surface area (TPSA) is 30.4 Å². The van der Waals surface area contributed by atoms with Gasteiger partial charge in [0.25, 0.3) is 0 Å². The van der Waals surface area contributed by atoms with E-state index in [1.165, 1.54) is 0 Å². The third kappa shape index (κ3) is 2.16. The van der Waals surface area contributed by atoms with Crippen LogP contribution in [0.4, 0.5) is 0 Å². The van der Waals surface area contributed by atoms with Gasteiger partial charge in [0, 0.05) is 27.9 Å². The van der Waals surface area contributed by atoms with Gasteiger partial charge in [-0.1, -0.05) is 29.3 Å². The Morgan fingerprint density at radius 1 is 0.960 bits per heavy atom. The van der Waals surface area contributed by atoms with Crippen molar-refractivity contribution in [3.05, 3.63) is 88.1 Å². The molecule has 2 aliphatic heterocycles. The molecule has 5 rings (SSSR count). The number of halogens is 2. The molecular weight excluding hydrogens is 355 g/mol. The second-order valence-electron chi connectivity index (χ2n) is 5.96. The molecule has 0 saturated carbocycles. The highest BCUT2D eigenvalue weighted by molar-refractivity contribution is 6.35. The predicted molar refractivity (Wildman–Crippen MR) is 100 cm³/mol. The molecule has 0 spiro atoms. The van der Waals surface area contributed by atoms with Crippen LogP contribution in [0, 0.1) is 0 Å².